The van der Waals surface area contributed by atoms with Crippen LogP contribution in [-0.2, 0) is 14.6 Å². The maximum atomic E-state index is 11.6. The third-order valence-electron chi connectivity index (χ3n) is 4.13. The van der Waals surface area contributed by atoms with E-state index in [9.17, 15) is 23.3 Å². The predicted octanol–water partition coefficient (Wildman–Crippen LogP) is 0.593. The van der Waals surface area contributed by atoms with E-state index in [1.54, 1.807) is 16.7 Å². The van der Waals surface area contributed by atoms with Gasteiger partial charge in [0.05, 0.1) is 9.82 Å². The average molecular weight is 357 g/mol. The third-order valence-corrected chi connectivity index (χ3v) is 5.24. The molecule has 0 aliphatic carbocycles. The van der Waals surface area contributed by atoms with Crippen LogP contribution in [0.25, 0.3) is 0 Å². The number of rotatable bonds is 5. The van der Waals surface area contributed by atoms with Crippen molar-refractivity contribution in [2.24, 2.45) is 0 Å². The molecule has 1 unspecified atom stereocenters. The summed E-state index contributed by atoms with van der Waals surface area (Å²) in [6.07, 6.45) is 0.998. The number of hydrogen-bond acceptors (Lipinski definition) is 7. The summed E-state index contributed by atoms with van der Waals surface area (Å²) in [5.41, 5.74) is 0.0766. The van der Waals surface area contributed by atoms with Gasteiger partial charge in [0.1, 0.15) is 11.7 Å². The fourth-order valence-corrected chi connectivity index (χ4v) is 3.29. The highest BCUT2D eigenvalue weighted by Gasteiger charge is 2.28. The van der Waals surface area contributed by atoms with Gasteiger partial charge in [-0.1, -0.05) is 0 Å². The molecule has 1 aliphatic heterocycles. The van der Waals surface area contributed by atoms with E-state index in [2.05, 4.69) is 0 Å². The highest BCUT2D eigenvalue weighted by atomic mass is 32.2. The van der Waals surface area contributed by atoms with Crippen LogP contribution in [0.5, 0.6) is 0 Å². The van der Waals surface area contributed by atoms with Crippen LogP contribution in [0, 0.1) is 10.1 Å². The van der Waals surface area contributed by atoms with Crippen LogP contribution in [0.2, 0.25) is 0 Å². The largest absolute Gasteiger partial charge is 0.480 e. The summed E-state index contributed by atoms with van der Waals surface area (Å²) in [4.78, 5) is 25.2. The normalized spacial score (nSPS) is 17.5. The molecule has 0 spiro atoms. The fourth-order valence-electron chi connectivity index (χ4n) is 2.65. The lowest BCUT2D eigenvalue weighted by Gasteiger charge is -2.37. The lowest BCUT2D eigenvalue weighted by Crippen LogP contribution is -2.51. The molecule has 1 N–H and O–H groups in total. The van der Waals surface area contributed by atoms with E-state index in [1.165, 1.54) is 12.1 Å². The molecule has 1 aromatic rings. The number of aliphatic carboxylic acids is 1. The van der Waals surface area contributed by atoms with Gasteiger partial charge in [0, 0.05) is 38.5 Å². The minimum atomic E-state index is -3.53. The Bertz CT molecular complexity index is 756. The zero-order chi connectivity index (χ0) is 18.1. The molecule has 0 aromatic heterocycles. The molecule has 1 aromatic carbocycles. The molecule has 1 fully saturated rings. The van der Waals surface area contributed by atoms with Crippen LogP contribution in [0.15, 0.2) is 23.1 Å². The molecule has 132 valence electrons. The molecule has 1 saturated heterocycles. The number of anilines is 1. The summed E-state index contributed by atoms with van der Waals surface area (Å²) in [6, 6.07) is 3.24. The molecule has 24 heavy (non-hydrogen) atoms. The van der Waals surface area contributed by atoms with Crippen LogP contribution in [0.3, 0.4) is 0 Å². The van der Waals surface area contributed by atoms with Gasteiger partial charge in [-0.05, 0) is 19.1 Å². The standard InChI is InChI=1S/C14H19N3O6S/c1-10(14(18)19)15-5-7-16(8-6-15)12-4-3-11(24(2,22)23)9-13(12)17(20)21/h3-4,9-10H,5-8H2,1-2H3,(H,18,19). The van der Waals surface area contributed by atoms with Gasteiger partial charge in [0.25, 0.3) is 5.69 Å². The highest BCUT2D eigenvalue weighted by Crippen LogP contribution is 2.31. The van der Waals surface area contributed by atoms with Gasteiger partial charge < -0.3 is 10.0 Å². The van der Waals surface area contributed by atoms with Gasteiger partial charge in [-0.3, -0.25) is 19.8 Å². The van der Waals surface area contributed by atoms with Crippen molar-refractivity contribution < 1.29 is 23.2 Å². The van der Waals surface area contributed by atoms with E-state index in [0.29, 0.717) is 31.9 Å². The Morgan fingerprint density at radius 3 is 2.33 bits per heavy atom. The first-order valence-electron chi connectivity index (χ1n) is 7.31. The zero-order valence-corrected chi connectivity index (χ0v) is 14.2. The van der Waals surface area contributed by atoms with Gasteiger partial charge >= 0.3 is 5.97 Å². The highest BCUT2D eigenvalue weighted by molar-refractivity contribution is 7.90. The zero-order valence-electron chi connectivity index (χ0n) is 13.4. The molecule has 0 saturated carbocycles. The third kappa shape index (κ3) is 3.82. The number of piperazine rings is 1. The molecule has 0 amide bonds. The maximum absolute atomic E-state index is 11.6. The molecular formula is C14H19N3O6S. The second-order valence-electron chi connectivity index (χ2n) is 5.72. The van der Waals surface area contributed by atoms with Crippen molar-refractivity contribution in [3.8, 4) is 0 Å². The maximum Gasteiger partial charge on any atom is 0.320 e. The summed E-state index contributed by atoms with van der Waals surface area (Å²) >= 11 is 0. The smallest absolute Gasteiger partial charge is 0.320 e. The number of benzene rings is 1. The molecular weight excluding hydrogens is 338 g/mol. The summed E-state index contributed by atoms with van der Waals surface area (Å²) < 4.78 is 23.2. The number of nitro benzene ring substituents is 1. The van der Waals surface area contributed by atoms with E-state index in [0.717, 1.165) is 12.3 Å². The van der Waals surface area contributed by atoms with Crippen molar-refractivity contribution in [1.82, 2.24) is 4.90 Å². The van der Waals surface area contributed by atoms with Gasteiger partial charge in [-0.25, -0.2) is 8.42 Å². The van der Waals surface area contributed by atoms with Crippen molar-refractivity contribution >= 4 is 27.2 Å². The minimum absolute atomic E-state index is 0.101. The first kappa shape index (κ1) is 18.1. The van der Waals surface area contributed by atoms with E-state index in [1.807, 2.05) is 0 Å². The molecule has 10 heteroatoms. The lowest BCUT2D eigenvalue weighted by atomic mass is 10.2. The average Bonchev–Trinajstić information content (AvgIpc) is 2.52. The Kier molecular flexibility index (Phi) is 5.09. The van der Waals surface area contributed by atoms with Crippen LogP contribution in [0.4, 0.5) is 11.4 Å². The number of nitro groups is 1. The van der Waals surface area contributed by atoms with Crippen LogP contribution in [-0.4, -0.2) is 67.8 Å². The Morgan fingerprint density at radius 1 is 1.29 bits per heavy atom. The Hall–Kier alpha value is -2.20. The van der Waals surface area contributed by atoms with E-state index >= 15 is 0 Å². The number of nitrogens with zero attached hydrogens (tertiary/aromatic N) is 3. The summed E-state index contributed by atoms with van der Waals surface area (Å²) in [6.45, 7) is 3.37. The predicted molar refractivity (Wildman–Crippen MR) is 87.1 cm³/mol. The topological polar surface area (TPSA) is 121 Å². The van der Waals surface area contributed by atoms with Crippen molar-refractivity contribution in [3.05, 3.63) is 28.3 Å². The van der Waals surface area contributed by atoms with Crippen LogP contribution >= 0.6 is 0 Å². The first-order chi connectivity index (χ1) is 11.1. The summed E-state index contributed by atoms with van der Waals surface area (Å²) in [7, 11) is -3.53. The number of sulfone groups is 1. The fraction of sp³-hybridized carbons (Fsp3) is 0.500. The Balaban J connectivity index is 2.24. The molecule has 0 bridgehead atoms. The van der Waals surface area contributed by atoms with E-state index < -0.39 is 26.8 Å². The number of carbonyl (C=O) groups is 1. The van der Waals surface area contributed by atoms with Gasteiger partial charge in [-0.15, -0.1) is 0 Å². The van der Waals surface area contributed by atoms with Crippen molar-refractivity contribution in [2.45, 2.75) is 17.9 Å². The Labute approximate surface area is 139 Å². The lowest BCUT2D eigenvalue weighted by molar-refractivity contribution is -0.384. The molecule has 1 atom stereocenters. The molecule has 0 radical (unpaired) electrons. The second kappa shape index (κ2) is 6.73. The summed E-state index contributed by atoms with van der Waals surface area (Å²) in [5.74, 6) is -0.910. The van der Waals surface area contributed by atoms with Crippen LogP contribution < -0.4 is 4.90 Å². The second-order valence-corrected chi connectivity index (χ2v) is 7.73. The monoisotopic (exact) mass is 357 g/mol. The van der Waals surface area contributed by atoms with Crippen LogP contribution in [0.1, 0.15) is 6.92 Å². The minimum Gasteiger partial charge on any atom is -0.480 e. The van der Waals surface area contributed by atoms with Gasteiger partial charge in [-0.2, -0.15) is 0 Å². The number of hydrogen-bond donors (Lipinski definition) is 1. The SMILES string of the molecule is CC(C(=O)O)N1CCN(c2ccc(S(C)(=O)=O)cc2[N+](=O)[O-])CC1. The summed E-state index contributed by atoms with van der Waals surface area (Å²) in [5, 5.41) is 20.3. The number of carboxylic acid groups (broad SMARTS) is 1. The first-order valence-corrected chi connectivity index (χ1v) is 9.20. The van der Waals surface area contributed by atoms with Crippen molar-refractivity contribution in [2.75, 3.05) is 37.3 Å². The molecule has 9 nitrogen and oxygen atoms in total. The number of carboxylic acids is 1. The van der Waals surface area contributed by atoms with Gasteiger partial charge in [0.2, 0.25) is 0 Å². The molecule has 1 aliphatic rings. The Morgan fingerprint density at radius 2 is 1.88 bits per heavy atom. The van der Waals surface area contributed by atoms with Crippen molar-refractivity contribution in [1.29, 1.82) is 0 Å². The van der Waals surface area contributed by atoms with E-state index in [-0.39, 0.29) is 10.6 Å². The van der Waals surface area contributed by atoms with Crippen molar-refractivity contribution in [3.63, 3.8) is 0 Å². The van der Waals surface area contributed by atoms with Gasteiger partial charge in [0.15, 0.2) is 9.84 Å². The molecule has 1 heterocycles. The molecule has 2 rings (SSSR count). The van der Waals surface area contributed by atoms with E-state index in [4.69, 9.17) is 5.11 Å². The quantitative estimate of drug-likeness (QED) is 0.600.